The number of benzene rings is 1. The molecule has 6 heteroatoms. The van der Waals surface area contributed by atoms with Crippen molar-refractivity contribution in [2.45, 2.75) is 39.2 Å². The van der Waals surface area contributed by atoms with Crippen LogP contribution in [-0.4, -0.2) is 58.8 Å². The lowest BCUT2D eigenvalue weighted by Crippen LogP contribution is -2.36. The van der Waals surface area contributed by atoms with Crippen molar-refractivity contribution < 1.29 is 9.53 Å². The standard InChI is InChI=1S/C22H32N4O2/c1-22(2,3)20-15-19(24(4)23-20)21(27)26-11-7-10-25(12-13-26)16-17-8-6-9-18(14-17)28-5/h6,8-9,14-15H,7,10-13,16H2,1-5H3. The van der Waals surface area contributed by atoms with E-state index in [1.165, 1.54) is 5.56 Å². The fraction of sp³-hybridized carbons (Fsp3) is 0.545. The molecule has 0 saturated carbocycles. The van der Waals surface area contributed by atoms with Crippen molar-refractivity contribution in [1.29, 1.82) is 0 Å². The second-order valence-electron chi connectivity index (χ2n) is 8.56. The zero-order valence-corrected chi connectivity index (χ0v) is 17.7. The highest BCUT2D eigenvalue weighted by atomic mass is 16.5. The normalized spacial score (nSPS) is 16.1. The van der Waals surface area contributed by atoms with Crippen molar-refractivity contribution in [3.8, 4) is 5.75 Å². The molecule has 1 aliphatic heterocycles. The summed E-state index contributed by atoms with van der Waals surface area (Å²) in [6.45, 7) is 10.6. The van der Waals surface area contributed by atoms with Crippen LogP contribution in [0.25, 0.3) is 0 Å². The van der Waals surface area contributed by atoms with Gasteiger partial charge in [0.25, 0.3) is 5.91 Å². The molecule has 0 N–H and O–H groups in total. The van der Waals surface area contributed by atoms with Crippen LogP contribution in [0.3, 0.4) is 0 Å². The van der Waals surface area contributed by atoms with Crippen LogP contribution in [0, 0.1) is 0 Å². The maximum absolute atomic E-state index is 13.1. The number of ether oxygens (including phenoxy) is 1. The molecule has 1 aliphatic rings. The molecule has 0 bridgehead atoms. The predicted octanol–water partition coefficient (Wildman–Crippen LogP) is 3.07. The lowest BCUT2D eigenvalue weighted by atomic mass is 9.92. The highest BCUT2D eigenvalue weighted by Crippen LogP contribution is 2.22. The summed E-state index contributed by atoms with van der Waals surface area (Å²) in [5.41, 5.74) is 2.79. The summed E-state index contributed by atoms with van der Waals surface area (Å²) < 4.78 is 7.05. The Morgan fingerprint density at radius 3 is 2.61 bits per heavy atom. The number of rotatable bonds is 4. The average molecular weight is 385 g/mol. The van der Waals surface area contributed by atoms with Gasteiger partial charge in [0.05, 0.1) is 12.8 Å². The fourth-order valence-corrected chi connectivity index (χ4v) is 3.56. The van der Waals surface area contributed by atoms with Gasteiger partial charge < -0.3 is 9.64 Å². The first-order chi connectivity index (χ1) is 13.3. The number of methoxy groups -OCH3 is 1. The van der Waals surface area contributed by atoms with Gasteiger partial charge in [0.2, 0.25) is 0 Å². The van der Waals surface area contributed by atoms with Crippen molar-refractivity contribution in [1.82, 2.24) is 19.6 Å². The van der Waals surface area contributed by atoms with Crippen LogP contribution in [0.4, 0.5) is 0 Å². The average Bonchev–Trinajstić information content (AvgIpc) is 2.91. The van der Waals surface area contributed by atoms with E-state index < -0.39 is 0 Å². The third kappa shape index (κ3) is 4.73. The maximum Gasteiger partial charge on any atom is 0.272 e. The summed E-state index contributed by atoms with van der Waals surface area (Å²) in [5.74, 6) is 0.962. The van der Waals surface area contributed by atoms with Gasteiger partial charge in [-0.3, -0.25) is 14.4 Å². The Labute approximate surface area is 168 Å². The van der Waals surface area contributed by atoms with E-state index in [0.29, 0.717) is 5.69 Å². The molecule has 28 heavy (non-hydrogen) atoms. The molecule has 0 radical (unpaired) electrons. The van der Waals surface area contributed by atoms with Crippen molar-refractivity contribution in [3.63, 3.8) is 0 Å². The monoisotopic (exact) mass is 384 g/mol. The number of aromatic nitrogens is 2. The minimum Gasteiger partial charge on any atom is -0.497 e. The van der Waals surface area contributed by atoms with Gasteiger partial charge >= 0.3 is 0 Å². The van der Waals surface area contributed by atoms with E-state index in [4.69, 9.17) is 4.74 Å². The summed E-state index contributed by atoms with van der Waals surface area (Å²) in [7, 11) is 3.55. The molecule has 152 valence electrons. The van der Waals surface area contributed by atoms with Gasteiger partial charge in [0.15, 0.2) is 0 Å². The van der Waals surface area contributed by atoms with E-state index in [1.807, 2.05) is 30.1 Å². The number of aryl methyl sites for hydroxylation is 1. The number of carbonyl (C=O) groups is 1. The highest BCUT2D eigenvalue weighted by molar-refractivity contribution is 5.92. The first kappa shape index (κ1) is 20.4. The Balaban J connectivity index is 1.65. The lowest BCUT2D eigenvalue weighted by Gasteiger charge is -2.22. The second kappa shape index (κ2) is 8.35. The van der Waals surface area contributed by atoms with Crippen molar-refractivity contribution in [3.05, 3.63) is 47.3 Å². The minimum atomic E-state index is -0.0668. The van der Waals surface area contributed by atoms with Crippen LogP contribution in [0.15, 0.2) is 30.3 Å². The molecule has 0 spiro atoms. The van der Waals surface area contributed by atoms with Crippen molar-refractivity contribution in [2.75, 3.05) is 33.3 Å². The molecule has 1 saturated heterocycles. The van der Waals surface area contributed by atoms with E-state index in [0.717, 1.165) is 50.6 Å². The Bertz CT molecular complexity index is 822. The molecule has 1 fully saturated rings. The maximum atomic E-state index is 13.1. The summed E-state index contributed by atoms with van der Waals surface area (Å²) in [4.78, 5) is 17.5. The first-order valence-corrected chi connectivity index (χ1v) is 9.97. The molecule has 0 unspecified atom stereocenters. The topological polar surface area (TPSA) is 50.6 Å². The molecule has 3 rings (SSSR count). The van der Waals surface area contributed by atoms with Gasteiger partial charge in [-0.25, -0.2) is 0 Å². The third-order valence-corrected chi connectivity index (χ3v) is 5.28. The van der Waals surface area contributed by atoms with Crippen LogP contribution in [-0.2, 0) is 19.0 Å². The first-order valence-electron chi connectivity index (χ1n) is 9.97. The summed E-state index contributed by atoms with van der Waals surface area (Å²) in [6.07, 6.45) is 0.972. The van der Waals surface area contributed by atoms with Gasteiger partial charge in [0.1, 0.15) is 11.4 Å². The molecule has 0 aliphatic carbocycles. The van der Waals surface area contributed by atoms with Crippen LogP contribution in [0.5, 0.6) is 5.75 Å². The van der Waals surface area contributed by atoms with Crippen LogP contribution in [0.2, 0.25) is 0 Å². The molecule has 1 aromatic carbocycles. The van der Waals surface area contributed by atoms with Gasteiger partial charge in [-0.05, 0) is 30.2 Å². The van der Waals surface area contributed by atoms with Gasteiger partial charge in [-0.15, -0.1) is 0 Å². The Kier molecular flexibility index (Phi) is 6.08. The molecular weight excluding hydrogens is 352 g/mol. The van der Waals surface area contributed by atoms with E-state index in [1.54, 1.807) is 11.8 Å². The lowest BCUT2D eigenvalue weighted by molar-refractivity contribution is 0.0750. The zero-order valence-electron chi connectivity index (χ0n) is 17.7. The zero-order chi connectivity index (χ0) is 20.3. The highest BCUT2D eigenvalue weighted by Gasteiger charge is 2.26. The van der Waals surface area contributed by atoms with Gasteiger partial charge in [0, 0.05) is 45.2 Å². The van der Waals surface area contributed by atoms with Crippen LogP contribution in [0.1, 0.15) is 48.9 Å². The van der Waals surface area contributed by atoms with Gasteiger partial charge in [-0.1, -0.05) is 32.9 Å². The molecule has 1 amide bonds. The van der Waals surface area contributed by atoms with Crippen molar-refractivity contribution in [2.24, 2.45) is 7.05 Å². The third-order valence-electron chi connectivity index (χ3n) is 5.28. The van der Waals surface area contributed by atoms with Crippen LogP contribution < -0.4 is 4.74 Å². The molecule has 1 aromatic heterocycles. The number of hydrogen-bond donors (Lipinski definition) is 0. The Morgan fingerprint density at radius 1 is 1.14 bits per heavy atom. The summed E-state index contributed by atoms with van der Waals surface area (Å²) >= 11 is 0. The number of nitrogens with zero attached hydrogens (tertiary/aromatic N) is 4. The number of carbonyl (C=O) groups excluding carboxylic acids is 1. The second-order valence-corrected chi connectivity index (χ2v) is 8.56. The largest absolute Gasteiger partial charge is 0.497 e. The number of hydrogen-bond acceptors (Lipinski definition) is 4. The quantitative estimate of drug-likeness (QED) is 0.813. The fourth-order valence-electron chi connectivity index (χ4n) is 3.56. The molecule has 0 atom stereocenters. The summed E-state index contributed by atoms with van der Waals surface area (Å²) in [5, 5.41) is 4.56. The number of amides is 1. The predicted molar refractivity (Wildman–Crippen MR) is 111 cm³/mol. The molecule has 6 nitrogen and oxygen atoms in total. The SMILES string of the molecule is COc1cccc(CN2CCCN(C(=O)c3cc(C(C)(C)C)nn3C)CC2)c1. The van der Waals surface area contributed by atoms with Gasteiger partial charge in [-0.2, -0.15) is 5.10 Å². The Morgan fingerprint density at radius 2 is 1.93 bits per heavy atom. The molecular formula is C22H32N4O2. The van der Waals surface area contributed by atoms with Crippen LogP contribution >= 0.6 is 0 Å². The van der Waals surface area contributed by atoms with E-state index in [9.17, 15) is 4.79 Å². The smallest absolute Gasteiger partial charge is 0.272 e. The molecule has 2 heterocycles. The summed E-state index contributed by atoms with van der Waals surface area (Å²) in [6, 6.07) is 10.1. The van der Waals surface area contributed by atoms with E-state index in [2.05, 4.69) is 42.9 Å². The molecule has 2 aromatic rings. The van der Waals surface area contributed by atoms with E-state index >= 15 is 0 Å². The van der Waals surface area contributed by atoms with E-state index in [-0.39, 0.29) is 11.3 Å². The minimum absolute atomic E-state index is 0.0668. The Hall–Kier alpha value is -2.34. The van der Waals surface area contributed by atoms with Crippen molar-refractivity contribution >= 4 is 5.91 Å².